The van der Waals surface area contributed by atoms with Gasteiger partial charge in [-0.3, -0.25) is 0 Å². The van der Waals surface area contributed by atoms with Crippen LogP contribution in [0, 0.1) is 17.8 Å². The third kappa shape index (κ3) is 3.97. The highest BCUT2D eigenvalue weighted by molar-refractivity contribution is 9.09. The van der Waals surface area contributed by atoms with Crippen molar-refractivity contribution in [2.24, 2.45) is 17.8 Å². The summed E-state index contributed by atoms with van der Waals surface area (Å²) in [6, 6.07) is 0. The van der Waals surface area contributed by atoms with Crippen LogP contribution in [0.1, 0.15) is 72.1 Å². The zero-order valence-electron chi connectivity index (χ0n) is 13.0. The lowest BCUT2D eigenvalue weighted by atomic mass is 9.77. The SMILES string of the molecule is CCC1CCC(CBr)(OC2CCC(C)C(C)C2)CC1. The Morgan fingerprint density at radius 1 is 1.05 bits per heavy atom. The molecule has 2 fully saturated rings. The molecule has 0 aromatic carbocycles. The third-order valence-electron chi connectivity index (χ3n) is 5.80. The maximum absolute atomic E-state index is 6.63. The summed E-state index contributed by atoms with van der Waals surface area (Å²) in [6.07, 6.45) is 11.0. The van der Waals surface area contributed by atoms with Gasteiger partial charge < -0.3 is 4.74 Å². The molecule has 0 spiro atoms. The lowest BCUT2D eigenvalue weighted by Crippen LogP contribution is -2.43. The van der Waals surface area contributed by atoms with Crippen molar-refractivity contribution in [1.82, 2.24) is 0 Å². The van der Waals surface area contributed by atoms with Crippen LogP contribution in [0.5, 0.6) is 0 Å². The Balaban J connectivity index is 1.89. The van der Waals surface area contributed by atoms with E-state index in [0.717, 1.165) is 23.1 Å². The molecular formula is C17H31BrO. The van der Waals surface area contributed by atoms with E-state index < -0.39 is 0 Å². The Bertz CT molecular complexity index is 270. The second-order valence-electron chi connectivity index (χ2n) is 7.18. The molecule has 0 bridgehead atoms. The summed E-state index contributed by atoms with van der Waals surface area (Å²) < 4.78 is 6.63. The smallest absolute Gasteiger partial charge is 0.0782 e. The Kier molecular flexibility index (Phi) is 5.77. The van der Waals surface area contributed by atoms with Crippen LogP contribution in [0.3, 0.4) is 0 Å². The number of hydrogen-bond acceptors (Lipinski definition) is 1. The van der Waals surface area contributed by atoms with Gasteiger partial charge >= 0.3 is 0 Å². The Morgan fingerprint density at radius 2 is 1.74 bits per heavy atom. The Labute approximate surface area is 128 Å². The highest BCUT2D eigenvalue weighted by Gasteiger charge is 2.38. The van der Waals surface area contributed by atoms with Crippen LogP contribution in [-0.2, 0) is 4.74 Å². The van der Waals surface area contributed by atoms with Crippen molar-refractivity contribution in [3.63, 3.8) is 0 Å². The van der Waals surface area contributed by atoms with Gasteiger partial charge in [0, 0.05) is 5.33 Å². The van der Waals surface area contributed by atoms with E-state index in [1.54, 1.807) is 0 Å². The van der Waals surface area contributed by atoms with E-state index in [4.69, 9.17) is 4.74 Å². The summed E-state index contributed by atoms with van der Waals surface area (Å²) in [5.74, 6) is 2.66. The highest BCUT2D eigenvalue weighted by Crippen LogP contribution is 2.41. The summed E-state index contributed by atoms with van der Waals surface area (Å²) >= 11 is 3.74. The number of halogens is 1. The molecule has 3 unspecified atom stereocenters. The van der Waals surface area contributed by atoms with Gasteiger partial charge in [-0.25, -0.2) is 0 Å². The van der Waals surface area contributed by atoms with Gasteiger partial charge in [-0.1, -0.05) is 43.1 Å². The van der Waals surface area contributed by atoms with Crippen molar-refractivity contribution in [2.75, 3.05) is 5.33 Å². The van der Waals surface area contributed by atoms with Crippen molar-refractivity contribution in [1.29, 1.82) is 0 Å². The first-order valence-electron chi connectivity index (χ1n) is 8.32. The van der Waals surface area contributed by atoms with Crippen LogP contribution < -0.4 is 0 Å². The van der Waals surface area contributed by atoms with Crippen LogP contribution in [-0.4, -0.2) is 17.0 Å². The highest BCUT2D eigenvalue weighted by atomic mass is 79.9. The zero-order chi connectivity index (χ0) is 13.9. The monoisotopic (exact) mass is 330 g/mol. The molecule has 1 nitrogen and oxygen atoms in total. The third-order valence-corrected chi connectivity index (χ3v) is 6.83. The number of rotatable bonds is 4. The molecule has 2 aliphatic carbocycles. The molecule has 2 aliphatic rings. The second kappa shape index (κ2) is 6.93. The molecule has 2 saturated carbocycles. The second-order valence-corrected chi connectivity index (χ2v) is 7.74. The first-order valence-corrected chi connectivity index (χ1v) is 9.44. The fraction of sp³-hybridized carbons (Fsp3) is 1.00. The molecule has 0 aromatic rings. The predicted octanol–water partition coefficient (Wildman–Crippen LogP) is 5.56. The molecule has 0 radical (unpaired) electrons. The molecule has 3 atom stereocenters. The largest absolute Gasteiger partial charge is 0.371 e. The molecule has 112 valence electrons. The molecule has 0 saturated heterocycles. The number of alkyl halides is 1. The van der Waals surface area contributed by atoms with Gasteiger partial charge in [0.05, 0.1) is 11.7 Å². The molecule has 0 aliphatic heterocycles. The van der Waals surface area contributed by atoms with Crippen molar-refractivity contribution < 1.29 is 4.74 Å². The summed E-state index contributed by atoms with van der Waals surface area (Å²) in [5.41, 5.74) is 0.149. The summed E-state index contributed by atoms with van der Waals surface area (Å²) in [6.45, 7) is 7.12. The van der Waals surface area contributed by atoms with Gasteiger partial charge in [-0.15, -0.1) is 0 Å². The Hall–Kier alpha value is 0.440. The van der Waals surface area contributed by atoms with Crippen molar-refractivity contribution in [2.45, 2.75) is 83.8 Å². The quantitative estimate of drug-likeness (QED) is 0.613. The van der Waals surface area contributed by atoms with Crippen LogP contribution in [0.4, 0.5) is 0 Å². The van der Waals surface area contributed by atoms with Crippen LogP contribution in [0.15, 0.2) is 0 Å². The maximum atomic E-state index is 6.63. The van der Waals surface area contributed by atoms with Crippen molar-refractivity contribution in [3.8, 4) is 0 Å². The van der Waals surface area contributed by atoms with E-state index in [-0.39, 0.29) is 5.60 Å². The van der Waals surface area contributed by atoms with E-state index in [9.17, 15) is 0 Å². The lowest BCUT2D eigenvalue weighted by Gasteiger charge is -2.43. The number of ether oxygens (including phenoxy) is 1. The summed E-state index contributed by atoms with van der Waals surface area (Å²) in [4.78, 5) is 0. The van der Waals surface area contributed by atoms with E-state index in [1.165, 1.54) is 51.4 Å². The number of hydrogen-bond donors (Lipinski definition) is 0. The van der Waals surface area contributed by atoms with Crippen LogP contribution in [0.2, 0.25) is 0 Å². The molecule has 2 heteroatoms. The normalized spacial score (nSPS) is 44.2. The van der Waals surface area contributed by atoms with Gasteiger partial charge in [-0.05, 0) is 62.7 Å². The standard InChI is InChI=1S/C17H31BrO/c1-4-15-7-9-17(12-18,10-8-15)19-16-6-5-13(2)14(3)11-16/h13-16H,4-12H2,1-3H3. The Morgan fingerprint density at radius 3 is 2.26 bits per heavy atom. The summed E-state index contributed by atoms with van der Waals surface area (Å²) in [7, 11) is 0. The van der Waals surface area contributed by atoms with E-state index >= 15 is 0 Å². The van der Waals surface area contributed by atoms with Crippen LogP contribution in [0.25, 0.3) is 0 Å². The molecule has 19 heavy (non-hydrogen) atoms. The minimum Gasteiger partial charge on any atom is -0.371 e. The van der Waals surface area contributed by atoms with Gasteiger partial charge in [-0.2, -0.15) is 0 Å². The summed E-state index contributed by atoms with van der Waals surface area (Å²) in [5, 5.41) is 1.02. The fourth-order valence-electron chi connectivity index (χ4n) is 3.85. The molecule has 0 N–H and O–H groups in total. The molecule has 2 rings (SSSR count). The topological polar surface area (TPSA) is 9.23 Å². The van der Waals surface area contributed by atoms with Crippen molar-refractivity contribution >= 4 is 15.9 Å². The lowest BCUT2D eigenvalue weighted by molar-refractivity contribution is -0.123. The van der Waals surface area contributed by atoms with E-state index in [2.05, 4.69) is 36.7 Å². The predicted molar refractivity (Wildman–Crippen MR) is 85.8 cm³/mol. The van der Waals surface area contributed by atoms with Gasteiger partial charge in [0.2, 0.25) is 0 Å². The zero-order valence-corrected chi connectivity index (χ0v) is 14.5. The van der Waals surface area contributed by atoms with Crippen molar-refractivity contribution in [3.05, 3.63) is 0 Å². The average molecular weight is 331 g/mol. The molecule has 0 amide bonds. The average Bonchev–Trinajstić information content (AvgIpc) is 2.44. The van der Waals surface area contributed by atoms with Gasteiger partial charge in [0.15, 0.2) is 0 Å². The molecule has 0 heterocycles. The maximum Gasteiger partial charge on any atom is 0.0782 e. The molecular weight excluding hydrogens is 300 g/mol. The first-order chi connectivity index (χ1) is 9.08. The fourth-order valence-corrected chi connectivity index (χ4v) is 4.55. The first kappa shape index (κ1) is 15.8. The van der Waals surface area contributed by atoms with Gasteiger partial charge in [0.1, 0.15) is 0 Å². The minimum absolute atomic E-state index is 0.149. The van der Waals surface area contributed by atoms with Crippen LogP contribution >= 0.6 is 15.9 Å². The van der Waals surface area contributed by atoms with E-state index in [1.807, 2.05) is 0 Å². The molecule has 0 aromatic heterocycles. The van der Waals surface area contributed by atoms with E-state index in [0.29, 0.717) is 6.10 Å². The minimum atomic E-state index is 0.149. The van der Waals surface area contributed by atoms with Gasteiger partial charge in [0.25, 0.3) is 0 Å².